The van der Waals surface area contributed by atoms with E-state index in [4.69, 9.17) is 16.3 Å². The van der Waals surface area contributed by atoms with E-state index in [2.05, 4.69) is 31.7 Å². The van der Waals surface area contributed by atoms with E-state index in [0.29, 0.717) is 5.75 Å². The van der Waals surface area contributed by atoms with Crippen molar-refractivity contribution in [3.63, 3.8) is 0 Å². The predicted molar refractivity (Wildman–Crippen MR) is 115 cm³/mol. The molecule has 0 fully saturated rings. The van der Waals surface area contributed by atoms with Gasteiger partial charge in [0.25, 0.3) is 0 Å². The Morgan fingerprint density at radius 3 is 2.39 bits per heavy atom. The van der Waals surface area contributed by atoms with Crippen LogP contribution in [0.5, 0.6) is 11.5 Å². The van der Waals surface area contributed by atoms with Gasteiger partial charge in [-0.3, -0.25) is 0 Å². The Bertz CT molecular complexity index is 918. The summed E-state index contributed by atoms with van der Waals surface area (Å²) in [5.41, 5.74) is 2.34. The minimum atomic E-state index is -0.271. The molecule has 28 heavy (non-hydrogen) atoms. The third-order valence-electron chi connectivity index (χ3n) is 5.06. The average Bonchev–Trinajstić information content (AvgIpc) is 2.70. The van der Waals surface area contributed by atoms with Crippen LogP contribution >= 0.6 is 11.6 Å². The molecule has 0 aliphatic rings. The molecular formula is C25H24ClFO. The first-order valence-electron chi connectivity index (χ1n) is 9.40. The van der Waals surface area contributed by atoms with Gasteiger partial charge < -0.3 is 4.74 Å². The van der Waals surface area contributed by atoms with E-state index in [1.54, 1.807) is 12.1 Å². The van der Waals surface area contributed by atoms with E-state index in [1.165, 1.54) is 23.3 Å². The van der Waals surface area contributed by atoms with Crippen molar-refractivity contribution in [3.8, 4) is 11.5 Å². The molecule has 0 saturated carbocycles. The molecule has 1 atom stereocenters. The highest BCUT2D eigenvalue weighted by atomic mass is 35.5. The first-order chi connectivity index (χ1) is 13.5. The molecule has 3 heteroatoms. The Morgan fingerprint density at radius 1 is 1.00 bits per heavy atom. The normalized spacial score (nSPS) is 13.0. The zero-order chi connectivity index (χ0) is 20.0. The number of allylic oxidation sites excluding steroid dienone is 1. The zero-order valence-corrected chi connectivity index (χ0v) is 16.8. The van der Waals surface area contributed by atoms with Gasteiger partial charge in [0.05, 0.1) is 0 Å². The predicted octanol–water partition coefficient (Wildman–Crippen LogP) is 7.74. The van der Waals surface area contributed by atoms with Crippen LogP contribution in [0.25, 0.3) is 0 Å². The van der Waals surface area contributed by atoms with Crippen LogP contribution in [0.4, 0.5) is 4.39 Å². The zero-order valence-electron chi connectivity index (χ0n) is 16.0. The molecule has 0 amide bonds. The first kappa shape index (κ1) is 20.2. The molecule has 0 aromatic heterocycles. The molecule has 3 aromatic carbocycles. The van der Waals surface area contributed by atoms with Crippen molar-refractivity contribution < 1.29 is 9.13 Å². The molecule has 0 aliphatic carbocycles. The summed E-state index contributed by atoms with van der Waals surface area (Å²) >= 11 is 6.01. The maximum Gasteiger partial charge on any atom is 0.127 e. The van der Waals surface area contributed by atoms with Crippen molar-refractivity contribution in [1.29, 1.82) is 0 Å². The van der Waals surface area contributed by atoms with Crippen LogP contribution in [-0.4, -0.2) is 0 Å². The summed E-state index contributed by atoms with van der Waals surface area (Å²) in [7, 11) is 0. The van der Waals surface area contributed by atoms with Crippen LogP contribution < -0.4 is 4.74 Å². The molecule has 0 aliphatic heterocycles. The number of halogens is 2. The van der Waals surface area contributed by atoms with E-state index in [0.717, 1.165) is 30.0 Å². The van der Waals surface area contributed by atoms with Crippen molar-refractivity contribution in [2.45, 2.75) is 31.6 Å². The lowest BCUT2D eigenvalue weighted by molar-refractivity contribution is 0.479. The van der Waals surface area contributed by atoms with Crippen molar-refractivity contribution in [3.05, 3.63) is 107 Å². The summed E-state index contributed by atoms with van der Waals surface area (Å²) in [6, 6.07) is 22.1. The lowest BCUT2D eigenvalue weighted by Crippen LogP contribution is -2.18. The number of hydrogen-bond acceptors (Lipinski definition) is 1. The summed E-state index contributed by atoms with van der Waals surface area (Å²) in [6.07, 6.45) is 4.97. The summed E-state index contributed by atoms with van der Waals surface area (Å²) in [5, 5.41) is 0.744. The topological polar surface area (TPSA) is 9.23 Å². The number of benzene rings is 3. The third kappa shape index (κ3) is 5.24. The second-order valence-electron chi connectivity index (χ2n) is 7.19. The molecule has 1 unspecified atom stereocenters. The highest BCUT2D eigenvalue weighted by Crippen LogP contribution is 2.32. The van der Waals surface area contributed by atoms with Crippen LogP contribution in [0, 0.1) is 5.82 Å². The number of hydrogen-bond donors (Lipinski definition) is 0. The fraction of sp³-hybridized carbons (Fsp3) is 0.200. The van der Waals surface area contributed by atoms with Crippen LogP contribution in [0.15, 0.2) is 85.5 Å². The SMILES string of the molecule is C=CC(C)(CCCc1cccc(Oc2ccc(F)cc2)c1)c1ccc(Cl)cc1. The maximum absolute atomic E-state index is 13.0. The molecule has 0 radical (unpaired) electrons. The number of ether oxygens (including phenoxy) is 1. The minimum absolute atomic E-state index is 0.0905. The van der Waals surface area contributed by atoms with Crippen LogP contribution in [-0.2, 0) is 11.8 Å². The number of aryl methyl sites for hydroxylation is 1. The van der Waals surface area contributed by atoms with Gasteiger partial charge in [-0.15, -0.1) is 6.58 Å². The molecule has 3 aromatic rings. The second kappa shape index (κ2) is 9.07. The van der Waals surface area contributed by atoms with Gasteiger partial charge in [-0.05, 0) is 78.9 Å². The Labute approximate surface area is 171 Å². The summed E-state index contributed by atoms with van der Waals surface area (Å²) in [5.74, 6) is 1.11. The maximum atomic E-state index is 13.0. The molecule has 3 rings (SSSR count). The average molecular weight is 395 g/mol. The smallest absolute Gasteiger partial charge is 0.127 e. The Kier molecular flexibility index (Phi) is 6.53. The number of rotatable bonds is 8. The first-order valence-corrected chi connectivity index (χ1v) is 9.78. The standard InChI is InChI=1S/C25H24ClFO/c1-3-25(2,20-9-11-21(26)12-10-20)17-5-7-19-6-4-8-24(18-19)28-23-15-13-22(27)14-16-23/h3-4,6,8-16,18H,1,5,7,17H2,2H3. The van der Waals surface area contributed by atoms with Gasteiger partial charge in [0.1, 0.15) is 17.3 Å². The Morgan fingerprint density at radius 2 is 1.71 bits per heavy atom. The highest BCUT2D eigenvalue weighted by molar-refractivity contribution is 6.30. The van der Waals surface area contributed by atoms with Gasteiger partial charge in [-0.2, -0.15) is 0 Å². The van der Waals surface area contributed by atoms with E-state index >= 15 is 0 Å². The fourth-order valence-electron chi connectivity index (χ4n) is 3.26. The molecule has 0 spiro atoms. The van der Waals surface area contributed by atoms with E-state index in [9.17, 15) is 4.39 Å². The van der Waals surface area contributed by atoms with Crippen LogP contribution in [0.3, 0.4) is 0 Å². The Balaban J connectivity index is 1.61. The summed E-state index contributed by atoms with van der Waals surface area (Å²) in [6.45, 7) is 6.25. The molecule has 0 heterocycles. The summed E-state index contributed by atoms with van der Waals surface area (Å²) in [4.78, 5) is 0. The van der Waals surface area contributed by atoms with Crippen molar-refractivity contribution in [2.75, 3.05) is 0 Å². The highest BCUT2D eigenvalue weighted by Gasteiger charge is 2.22. The summed E-state index contributed by atoms with van der Waals surface area (Å²) < 4.78 is 18.9. The van der Waals surface area contributed by atoms with E-state index in [1.807, 2.05) is 36.4 Å². The monoisotopic (exact) mass is 394 g/mol. The van der Waals surface area contributed by atoms with E-state index in [-0.39, 0.29) is 11.2 Å². The molecular weight excluding hydrogens is 371 g/mol. The van der Waals surface area contributed by atoms with Gasteiger partial charge in [-0.1, -0.05) is 48.9 Å². The minimum Gasteiger partial charge on any atom is -0.457 e. The van der Waals surface area contributed by atoms with Crippen molar-refractivity contribution >= 4 is 11.6 Å². The largest absolute Gasteiger partial charge is 0.457 e. The second-order valence-corrected chi connectivity index (χ2v) is 7.62. The Hall–Kier alpha value is -2.58. The van der Waals surface area contributed by atoms with Gasteiger partial charge in [-0.25, -0.2) is 4.39 Å². The lowest BCUT2D eigenvalue weighted by Gasteiger charge is -2.26. The van der Waals surface area contributed by atoms with Crippen LogP contribution in [0.1, 0.15) is 30.9 Å². The molecule has 144 valence electrons. The third-order valence-corrected chi connectivity index (χ3v) is 5.32. The van der Waals surface area contributed by atoms with Gasteiger partial charge in [0.2, 0.25) is 0 Å². The van der Waals surface area contributed by atoms with Crippen molar-refractivity contribution in [1.82, 2.24) is 0 Å². The van der Waals surface area contributed by atoms with Crippen molar-refractivity contribution in [2.24, 2.45) is 0 Å². The molecule has 0 saturated heterocycles. The quantitative estimate of drug-likeness (QED) is 0.355. The fourth-order valence-corrected chi connectivity index (χ4v) is 3.38. The molecule has 0 bridgehead atoms. The molecule has 0 N–H and O–H groups in total. The molecule has 1 nitrogen and oxygen atoms in total. The van der Waals surface area contributed by atoms with E-state index < -0.39 is 0 Å². The van der Waals surface area contributed by atoms with Crippen LogP contribution in [0.2, 0.25) is 5.02 Å². The van der Waals surface area contributed by atoms with Gasteiger partial charge in [0.15, 0.2) is 0 Å². The lowest BCUT2D eigenvalue weighted by atomic mass is 9.78. The van der Waals surface area contributed by atoms with Gasteiger partial charge >= 0.3 is 0 Å². The van der Waals surface area contributed by atoms with Gasteiger partial charge in [0, 0.05) is 10.4 Å².